The number of nitrogens with zero attached hydrogens (tertiary/aromatic N) is 2. The highest BCUT2D eigenvalue weighted by Crippen LogP contribution is 2.32. The monoisotopic (exact) mass is 366 g/mol. The molecular weight excluding hydrogens is 348 g/mol. The Labute approximate surface area is 156 Å². The van der Waals surface area contributed by atoms with Crippen LogP contribution in [0.1, 0.15) is 0 Å². The smallest absolute Gasteiger partial charge is 0.188 e. The highest BCUT2D eigenvalue weighted by Gasteiger charge is 2.21. The molecule has 3 aromatic rings. The van der Waals surface area contributed by atoms with Crippen LogP contribution in [0.4, 0.5) is 0 Å². The van der Waals surface area contributed by atoms with Gasteiger partial charge in [0.25, 0.3) is 0 Å². The Hall–Kier alpha value is -2.73. The zero-order chi connectivity index (χ0) is 17.8. The van der Waals surface area contributed by atoms with E-state index in [1.165, 1.54) is 0 Å². The molecule has 132 valence electrons. The first-order valence-corrected chi connectivity index (χ1v) is 9.29. The van der Waals surface area contributed by atoms with Crippen LogP contribution >= 0.6 is 11.8 Å². The highest BCUT2D eigenvalue weighted by atomic mass is 32.2. The zero-order valence-electron chi connectivity index (χ0n) is 14.3. The lowest BCUT2D eigenvalue weighted by atomic mass is 10.1. The van der Waals surface area contributed by atoms with Crippen LogP contribution in [-0.4, -0.2) is 35.5 Å². The summed E-state index contributed by atoms with van der Waals surface area (Å²) in [5.74, 6) is 3.14. The van der Waals surface area contributed by atoms with Gasteiger partial charge in [-0.15, -0.1) is 0 Å². The largest absolute Gasteiger partial charge is 0.497 e. The van der Waals surface area contributed by atoms with Crippen LogP contribution in [0.5, 0.6) is 17.2 Å². The van der Waals surface area contributed by atoms with Crippen molar-refractivity contribution in [2.75, 3.05) is 19.5 Å². The molecule has 0 fully saturated rings. The molecule has 26 heavy (non-hydrogen) atoms. The van der Waals surface area contributed by atoms with E-state index in [9.17, 15) is 0 Å². The van der Waals surface area contributed by atoms with Crippen molar-refractivity contribution in [1.82, 2.24) is 9.97 Å². The summed E-state index contributed by atoms with van der Waals surface area (Å²) >= 11 is 1.57. The van der Waals surface area contributed by atoms with Crippen molar-refractivity contribution < 1.29 is 14.2 Å². The molecule has 0 saturated carbocycles. The molecule has 1 aliphatic rings. The number of para-hydroxylation sites is 2. The Morgan fingerprint density at radius 3 is 2.69 bits per heavy atom. The van der Waals surface area contributed by atoms with Gasteiger partial charge in [0.1, 0.15) is 18.5 Å². The molecule has 0 bridgehead atoms. The molecule has 0 amide bonds. The maximum atomic E-state index is 5.98. The molecule has 1 aromatic heterocycles. The van der Waals surface area contributed by atoms with Gasteiger partial charge in [-0.3, -0.25) is 0 Å². The zero-order valence-corrected chi connectivity index (χ0v) is 15.1. The normalized spacial score (nSPS) is 15.5. The fourth-order valence-electron chi connectivity index (χ4n) is 2.65. The van der Waals surface area contributed by atoms with E-state index in [1.807, 2.05) is 54.6 Å². The molecule has 6 heteroatoms. The number of aromatic nitrogens is 2. The fourth-order valence-corrected chi connectivity index (χ4v) is 3.44. The third kappa shape index (κ3) is 3.75. The summed E-state index contributed by atoms with van der Waals surface area (Å²) in [6, 6.07) is 17.5. The average molecular weight is 366 g/mol. The molecular formula is C20H18N2O3S. The van der Waals surface area contributed by atoms with Gasteiger partial charge < -0.3 is 14.2 Å². The summed E-state index contributed by atoms with van der Waals surface area (Å²) in [6.07, 6.45) is 1.76. The first-order chi connectivity index (χ1) is 12.8. The Morgan fingerprint density at radius 2 is 1.88 bits per heavy atom. The number of fused-ring (bicyclic) bond motifs is 1. The van der Waals surface area contributed by atoms with Gasteiger partial charge in [-0.05, 0) is 42.5 Å². The SMILES string of the molecule is COc1ccc(-c2ccnc(SC[C@H]3COc4ccccc4O3)n2)cc1. The van der Waals surface area contributed by atoms with Gasteiger partial charge >= 0.3 is 0 Å². The van der Waals surface area contributed by atoms with E-state index < -0.39 is 0 Å². The van der Waals surface area contributed by atoms with E-state index in [0.717, 1.165) is 39.4 Å². The van der Waals surface area contributed by atoms with Crippen LogP contribution < -0.4 is 14.2 Å². The fraction of sp³-hybridized carbons (Fsp3) is 0.200. The van der Waals surface area contributed by atoms with Gasteiger partial charge in [0.05, 0.1) is 12.8 Å². The predicted octanol–water partition coefficient (Wildman–Crippen LogP) is 4.08. The number of hydrogen-bond donors (Lipinski definition) is 0. The lowest BCUT2D eigenvalue weighted by Crippen LogP contribution is -2.31. The molecule has 0 unspecified atom stereocenters. The molecule has 5 nitrogen and oxygen atoms in total. The van der Waals surface area contributed by atoms with E-state index in [4.69, 9.17) is 14.2 Å². The summed E-state index contributed by atoms with van der Waals surface area (Å²) in [5, 5.41) is 0.723. The summed E-state index contributed by atoms with van der Waals surface area (Å²) < 4.78 is 16.9. The molecule has 0 saturated heterocycles. The number of rotatable bonds is 5. The van der Waals surface area contributed by atoms with Crippen molar-refractivity contribution in [3.05, 3.63) is 60.8 Å². The minimum Gasteiger partial charge on any atom is -0.497 e. The van der Waals surface area contributed by atoms with Crippen molar-refractivity contribution in [1.29, 1.82) is 0 Å². The van der Waals surface area contributed by atoms with Gasteiger partial charge in [-0.2, -0.15) is 0 Å². The molecule has 0 spiro atoms. The second-order valence-electron chi connectivity index (χ2n) is 5.76. The average Bonchev–Trinajstić information content (AvgIpc) is 2.72. The van der Waals surface area contributed by atoms with Crippen LogP contribution in [0, 0.1) is 0 Å². The van der Waals surface area contributed by atoms with Crippen LogP contribution in [0.25, 0.3) is 11.3 Å². The Balaban J connectivity index is 1.41. The number of benzene rings is 2. The van der Waals surface area contributed by atoms with Crippen molar-refractivity contribution in [3.63, 3.8) is 0 Å². The maximum Gasteiger partial charge on any atom is 0.188 e. The van der Waals surface area contributed by atoms with E-state index in [0.29, 0.717) is 6.61 Å². The Bertz CT molecular complexity index is 886. The van der Waals surface area contributed by atoms with Gasteiger partial charge in [-0.25, -0.2) is 9.97 Å². The molecule has 2 aromatic carbocycles. The van der Waals surface area contributed by atoms with E-state index in [2.05, 4.69) is 9.97 Å². The van der Waals surface area contributed by atoms with Crippen LogP contribution in [0.2, 0.25) is 0 Å². The second kappa shape index (κ2) is 7.66. The number of hydrogen-bond acceptors (Lipinski definition) is 6. The van der Waals surface area contributed by atoms with Gasteiger partial charge in [-0.1, -0.05) is 23.9 Å². The molecule has 0 radical (unpaired) electrons. The van der Waals surface area contributed by atoms with E-state index in [-0.39, 0.29) is 6.10 Å². The number of thioether (sulfide) groups is 1. The first kappa shape index (κ1) is 16.7. The standard InChI is InChI=1S/C20H18N2O3S/c1-23-15-8-6-14(7-9-15)17-10-11-21-20(22-17)26-13-16-12-24-18-4-2-3-5-19(18)25-16/h2-11,16H,12-13H2,1H3/t16-/m1/s1. The second-order valence-corrected chi connectivity index (χ2v) is 6.75. The molecule has 4 rings (SSSR count). The van der Waals surface area contributed by atoms with E-state index >= 15 is 0 Å². The molecule has 0 aliphatic carbocycles. The van der Waals surface area contributed by atoms with Crippen molar-refractivity contribution in [2.45, 2.75) is 11.3 Å². The summed E-state index contributed by atoms with van der Waals surface area (Å²) in [6.45, 7) is 0.530. The molecule has 2 heterocycles. The van der Waals surface area contributed by atoms with Crippen LogP contribution in [-0.2, 0) is 0 Å². The van der Waals surface area contributed by atoms with Gasteiger partial charge in [0.15, 0.2) is 16.7 Å². The minimum absolute atomic E-state index is 0.0249. The predicted molar refractivity (Wildman–Crippen MR) is 101 cm³/mol. The van der Waals surface area contributed by atoms with Gasteiger partial charge in [0, 0.05) is 17.5 Å². The highest BCUT2D eigenvalue weighted by molar-refractivity contribution is 7.99. The number of methoxy groups -OCH3 is 1. The Kier molecular flexibility index (Phi) is 4.93. The van der Waals surface area contributed by atoms with E-state index in [1.54, 1.807) is 25.1 Å². The first-order valence-electron chi connectivity index (χ1n) is 8.30. The molecule has 0 N–H and O–H groups in total. The summed E-state index contributed by atoms with van der Waals surface area (Å²) in [5.41, 5.74) is 1.91. The molecule has 1 aliphatic heterocycles. The topological polar surface area (TPSA) is 53.5 Å². The summed E-state index contributed by atoms with van der Waals surface area (Å²) in [7, 11) is 1.66. The van der Waals surface area contributed by atoms with Crippen LogP contribution in [0.3, 0.4) is 0 Å². The third-order valence-electron chi connectivity index (χ3n) is 3.99. The lowest BCUT2D eigenvalue weighted by Gasteiger charge is -2.25. The number of ether oxygens (including phenoxy) is 3. The van der Waals surface area contributed by atoms with Gasteiger partial charge in [0.2, 0.25) is 0 Å². The maximum absolute atomic E-state index is 5.98. The Morgan fingerprint density at radius 1 is 1.08 bits per heavy atom. The van der Waals surface area contributed by atoms with Crippen LogP contribution in [0.15, 0.2) is 66.0 Å². The lowest BCUT2D eigenvalue weighted by molar-refractivity contribution is 0.107. The third-order valence-corrected chi connectivity index (χ3v) is 4.98. The minimum atomic E-state index is -0.0249. The summed E-state index contributed by atoms with van der Waals surface area (Å²) in [4.78, 5) is 9.00. The van der Waals surface area contributed by atoms with Crippen molar-refractivity contribution in [3.8, 4) is 28.5 Å². The van der Waals surface area contributed by atoms with Crippen molar-refractivity contribution >= 4 is 11.8 Å². The van der Waals surface area contributed by atoms with Crippen molar-refractivity contribution in [2.24, 2.45) is 0 Å². The molecule has 1 atom stereocenters. The quantitative estimate of drug-likeness (QED) is 0.501.